The van der Waals surface area contributed by atoms with E-state index in [0.717, 1.165) is 6.07 Å². The second-order valence-electron chi connectivity index (χ2n) is 4.68. The van der Waals surface area contributed by atoms with Gasteiger partial charge in [0.05, 0.1) is 31.5 Å². The Morgan fingerprint density at radius 3 is 2.86 bits per heavy atom. The molecule has 7 nitrogen and oxygen atoms in total. The molecule has 1 aromatic rings. The van der Waals surface area contributed by atoms with E-state index in [0.29, 0.717) is 32.1 Å². The van der Waals surface area contributed by atoms with E-state index in [1.807, 2.05) is 0 Å². The van der Waals surface area contributed by atoms with E-state index in [1.54, 1.807) is 0 Å². The summed E-state index contributed by atoms with van der Waals surface area (Å²) >= 11 is 0. The van der Waals surface area contributed by atoms with Crippen molar-refractivity contribution in [3.8, 4) is 0 Å². The molecule has 0 spiro atoms. The van der Waals surface area contributed by atoms with Crippen LogP contribution in [0.2, 0.25) is 0 Å². The van der Waals surface area contributed by atoms with E-state index in [2.05, 4.69) is 16.0 Å². The molecule has 1 atom stereocenters. The molecule has 0 bridgehead atoms. The lowest BCUT2D eigenvalue weighted by atomic mass is 10.1. The molecule has 3 amide bonds. The number of benzene rings is 1. The van der Waals surface area contributed by atoms with Gasteiger partial charge >= 0.3 is 6.03 Å². The predicted octanol–water partition coefficient (Wildman–Crippen LogP) is 0.722. The number of halogens is 1. The zero-order chi connectivity index (χ0) is 15.9. The Hall–Kier alpha value is -2.19. The number of amides is 3. The molecule has 1 aliphatic heterocycles. The van der Waals surface area contributed by atoms with Crippen LogP contribution >= 0.6 is 0 Å². The number of hydrogen-bond acceptors (Lipinski definition) is 4. The van der Waals surface area contributed by atoms with Crippen molar-refractivity contribution in [1.29, 1.82) is 0 Å². The van der Waals surface area contributed by atoms with Gasteiger partial charge in [-0.15, -0.1) is 0 Å². The summed E-state index contributed by atoms with van der Waals surface area (Å²) in [5, 5.41) is 7.50. The van der Waals surface area contributed by atoms with Gasteiger partial charge in [-0.3, -0.25) is 4.79 Å². The maximum atomic E-state index is 13.5. The van der Waals surface area contributed by atoms with Crippen LogP contribution in [0.5, 0.6) is 0 Å². The maximum absolute atomic E-state index is 13.5. The number of nitrogens with one attached hydrogen (secondary N) is 3. The van der Waals surface area contributed by atoms with E-state index < -0.39 is 17.8 Å². The second-order valence-corrected chi connectivity index (χ2v) is 4.68. The van der Waals surface area contributed by atoms with Crippen LogP contribution in [0.3, 0.4) is 0 Å². The van der Waals surface area contributed by atoms with Gasteiger partial charge in [0.1, 0.15) is 5.82 Å². The molecule has 1 aliphatic rings. The summed E-state index contributed by atoms with van der Waals surface area (Å²) in [6.45, 7) is 1.79. The molecule has 3 N–H and O–H groups in total. The van der Waals surface area contributed by atoms with Crippen molar-refractivity contribution in [3.05, 3.63) is 29.6 Å². The van der Waals surface area contributed by atoms with Crippen molar-refractivity contribution in [2.45, 2.75) is 6.10 Å². The fourth-order valence-electron chi connectivity index (χ4n) is 1.95. The third-order valence-corrected chi connectivity index (χ3v) is 3.07. The molecule has 120 valence electrons. The van der Waals surface area contributed by atoms with Gasteiger partial charge in [0.2, 0.25) is 0 Å². The third-order valence-electron chi connectivity index (χ3n) is 3.07. The molecule has 0 saturated carbocycles. The van der Waals surface area contributed by atoms with E-state index in [4.69, 9.17) is 9.47 Å². The highest BCUT2D eigenvalue weighted by Gasteiger charge is 2.16. The molecular formula is C14H18FN3O4. The molecule has 8 heteroatoms. The highest BCUT2D eigenvalue weighted by atomic mass is 19.1. The van der Waals surface area contributed by atoms with Crippen LogP contribution in [-0.4, -0.2) is 51.5 Å². The van der Waals surface area contributed by atoms with Crippen LogP contribution in [0.1, 0.15) is 10.4 Å². The lowest BCUT2D eigenvalue weighted by Crippen LogP contribution is -2.41. The highest BCUT2D eigenvalue weighted by Crippen LogP contribution is 2.14. The van der Waals surface area contributed by atoms with Crippen LogP contribution in [-0.2, 0) is 9.47 Å². The summed E-state index contributed by atoms with van der Waals surface area (Å²) in [4.78, 5) is 23.3. The normalized spacial score (nSPS) is 17.6. The first-order valence-electron chi connectivity index (χ1n) is 6.86. The van der Waals surface area contributed by atoms with Gasteiger partial charge in [-0.05, 0) is 18.2 Å². The van der Waals surface area contributed by atoms with Crippen molar-refractivity contribution in [2.24, 2.45) is 0 Å². The van der Waals surface area contributed by atoms with Gasteiger partial charge in [0, 0.05) is 19.3 Å². The van der Waals surface area contributed by atoms with Crippen LogP contribution in [0.15, 0.2) is 18.2 Å². The lowest BCUT2D eigenvalue weighted by Gasteiger charge is -2.23. The molecule has 1 saturated heterocycles. The van der Waals surface area contributed by atoms with Gasteiger partial charge in [-0.2, -0.15) is 0 Å². The van der Waals surface area contributed by atoms with Gasteiger partial charge in [-0.1, -0.05) is 0 Å². The summed E-state index contributed by atoms with van der Waals surface area (Å²) < 4.78 is 24.1. The fourth-order valence-corrected chi connectivity index (χ4v) is 1.95. The number of hydrogen-bond donors (Lipinski definition) is 3. The summed E-state index contributed by atoms with van der Waals surface area (Å²) in [5.41, 5.74) is 0.183. The van der Waals surface area contributed by atoms with Gasteiger partial charge < -0.3 is 25.4 Å². The molecule has 1 aromatic carbocycles. The highest BCUT2D eigenvalue weighted by molar-refractivity contribution is 5.96. The smallest absolute Gasteiger partial charge is 0.319 e. The van der Waals surface area contributed by atoms with Crippen molar-refractivity contribution in [2.75, 3.05) is 38.7 Å². The number of anilines is 1. The van der Waals surface area contributed by atoms with E-state index in [1.165, 1.54) is 19.2 Å². The van der Waals surface area contributed by atoms with Crippen molar-refractivity contribution >= 4 is 17.6 Å². The Kier molecular flexibility index (Phi) is 5.68. The number of ether oxygens (including phenoxy) is 2. The van der Waals surface area contributed by atoms with Gasteiger partial charge in [0.25, 0.3) is 5.91 Å². The Morgan fingerprint density at radius 1 is 1.36 bits per heavy atom. The topological polar surface area (TPSA) is 88.7 Å². The zero-order valence-electron chi connectivity index (χ0n) is 12.1. The van der Waals surface area contributed by atoms with Crippen LogP contribution in [0.4, 0.5) is 14.9 Å². The largest absolute Gasteiger partial charge is 0.376 e. The Morgan fingerprint density at radius 2 is 2.18 bits per heavy atom. The van der Waals surface area contributed by atoms with Crippen molar-refractivity contribution < 1.29 is 23.5 Å². The molecule has 1 heterocycles. The molecule has 1 unspecified atom stereocenters. The van der Waals surface area contributed by atoms with E-state index >= 15 is 0 Å². The van der Waals surface area contributed by atoms with E-state index in [9.17, 15) is 14.0 Å². The average molecular weight is 311 g/mol. The first-order chi connectivity index (χ1) is 10.6. The van der Waals surface area contributed by atoms with Gasteiger partial charge in [-0.25, -0.2) is 9.18 Å². The molecule has 0 radical (unpaired) electrons. The molecule has 0 aliphatic carbocycles. The quantitative estimate of drug-likeness (QED) is 0.764. The monoisotopic (exact) mass is 311 g/mol. The van der Waals surface area contributed by atoms with Gasteiger partial charge in [0.15, 0.2) is 0 Å². The molecule has 0 aromatic heterocycles. The average Bonchev–Trinajstić information content (AvgIpc) is 2.55. The summed E-state index contributed by atoms with van der Waals surface area (Å²) in [7, 11) is 1.40. The summed E-state index contributed by atoms with van der Waals surface area (Å²) in [6, 6.07) is 3.30. The standard InChI is InChI=1S/C14H18FN3O4/c1-16-13(19)11-6-9(2-3-12(11)15)18-14(20)17-7-10-8-21-4-5-22-10/h2-3,6,10H,4-5,7-8H2,1H3,(H,16,19)(H2,17,18,20). The summed E-state index contributed by atoms with van der Waals surface area (Å²) in [6.07, 6.45) is -0.186. The molecule has 2 rings (SSSR count). The zero-order valence-corrected chi connectivity index (χ0v) is 12.1. The SMILES string of the molecule is CNC(=O)c1cc(NC(=O)NCC2COCCO2)ccc1F. The Bertz CT molecular complexity index is 547. The molecule has 22 heavy (non-hydrogen) atoms. The second kappa shape index (κ2) is 7.71. The molecule has 1 fully saturated rings. The number of urea groups is 1. The number of carbonyl (C=O) groups is 2. The number of carbonyl (C=O) groups excluding carboxylic acids is 2. The predicted molar refractivity (Wildman–Crippen MR) is 77.4 cm³/mol. The maximum Gasteiger partial charge on any atom is 0.319 e. The minimum atomic E-state index is -0.655. The van der Waals surface area contributed by atoms with Crippen molar-refractivity contribution in [1.82, 2.24) is 10.6 Å². The number of rotatable bonds is 4. The lowest BCUT2D eigenvalue weighted by molar-refractivity contribution is -0.0852. The van der Waals surface area contributed by atoms with Crippen LogP contribution in [0, 0.1) is 5.82 Å². The van der Waals surface area contributed by atoms with Crippen LogP contribution in [0.25, 0.3) is 0 Å². The third kappa shape index (κ3) is 4.40. The van der Waals surface area contributed by atoms with Crippen molar-refractivity contribution in [3.63, 3.8) is 0 Å². The van der Waals surface area contributed by atoms with E-state index in [-0.39, 0.29) is 11.7 Å². The minimum Gasteiger partial charge on any atom is -0.376 e. The Labute approximate surface area is 127 Å². The van der Waals surface area contributed by atoms with Crippen LogP contribution < -0.4 is 16.0 Å². The first kappa shape index (κ1) is 16.2. The minimum absolute atomic E-state index is 0.135. The fraction of sp³-hybridized carbons (Fsp3) is 0.429. The Balaban J connectivity index is 1.89. The molecular weight excluding hydrogens is 293 g/mol. The summed E-state index contributed by atoms with van der Waals surface area (Å²) in [5.74, 6) is -1.22. The first-order valence-corrected chi connectivity index (χ1v) is 6.86.